The lowest BCUT2D eigenvalue weighted by Gasteiger charge is -2.48. The van der Waals surface area contributed by atoms with Crippen molar-refractivity contribution in [3.8, 4) is 0 Å². The number of hydrogen-bond acceptors (Lipinski definition) is 6. The Morgan fingerprint density at radius 1 is 1.12 bits per heavy atom. The molecule has 0 spiro atoms. The topological polar surface area (TPSA) is 72.0 Å². The summed E-state index contributed by atoms with van der Waals surface area (Å²) in [5.41, 5.74) is 0.142. The fourth-order valence-electron chi connectivity index (χ4n) is 3.84. The maximum atomic E-state index is 6.02. The van der Waals surface area contributed by atoms with Crippen molar-refractivity contribution in [3.63, 3.8) is 0 Å². The number of ether oxygens (including phenoxy) is 1. The Bertz CT molecular complexity index is 531. The SMILES string of the molecule is CCOC(CNc1nc(Cl)nc(Cl)n1)C1CC(C)(C)NC(C)(C)C1. The van der Waals surface area contributed by atoms with Crippen LogP contribution in [-0.2, 0) is 4.74 Å². The van der Waals surface area contributed by atoms with Crippen LogP contribution in [-0.4, -0.2) is 45.3 Å². The first-order chi connectivity index (χ1) is 11.1. The molecule has 1 aromatic heterocycles. The highest BCUT2D eigenvalue weighted by Crippen LogP contribution is 2.35. The van der Waals surface area contributed by atoms with Crippen LogP contribution in [0.3, 0.4) is 0 Å². The number of nitrogens with one attached hydrogen (secondary N) is 2. The van der Waals surface area contributed by atoms with Crippen LogP contribution in [0, 0.1) is 5.92 Å². The van der Waals surface area contributed by atoms with Crippen molar-refractivity contribution in [1.82, 2.24) is 20.3 Å². The minimum atomic E-state index is 0.0602. The normalized spacial score (nSPS) is 21.5. The first-order valence-electron chi connectivity index (χ1n) is 8.32. The zero-order chi connectivity index (χ0) is 18.0. The molecule has 0 amide bonds. The average Bonchev–Trinajstić information content (AvgIpc) is 2.38. The summed E-state index contributed by atoms with van der Waals surface area (Å²) in [6.45, 7) is 12.2. The summed E-state index contributed by atoms with van der Waals surface area (Å²) in [5.74, 6) is 0.800. The Balaban J connectivity index is 2.08. The first kappa shape index (κ1) is 19.6. The minimum absolute atomic E-state index is 0.0602. The summed E-state index contributed by atoms with van der Waals surface area (Å²) in [7, 11) is 0. The Labute approximate surface area is 154 Å². The molecule has 136 valence electrons. The van der Waals surface area contributed by atoms with E-state index >= 15 is 0 Å². The molecule has 1 saturated heterocycles. The Morgan fingerprint density at radius 3 is 2.17 bits per heavy atom. The molecule has 24 heavy (non-hydrogen) atoms. The van der Waals surface area contributed by atoms with Crippen LogP contribution in [0.1, 0.15) is 47.5 Å². The van der Waals surface area contributed by atoms with Gasteiger partial charge in [-0.1, -0.05) is 0 Å². The summed E-state index contributed by atoms with van der Waals surface area (Å²) in [4.78, 5) is 11.9. The zero-order valence-corrected chi connectivity index (χ0v) is 16.5. The van der Waals surface area contributed by atoms with Gasteiger partial charge in [0.15, 0.2) is 0 Å². The molecule has 0 aliphatic carbocycles. The number of halogens is 2. The number of piperidine rings is 1. The molecule has 8 heteroatoms. The summed E-state index contributed by atoms with van der Waals surface area (Å²) >= 11 is 11.6. The molecule has 2 heterocycles. The predicted octanol–water partition coefficient (Wildman–Crippen LogP) is 3.55. The van der Waals surface area contributed by atoms with Crippen LogP contribution >= 0.6 is 23.2 Å². The zero-order valence-electron chi connectivity index (χ0n) is 15.0. The molecule has 1 fully saturated rings. The van der Waals surface area contributed by atoms with Gasteiger partial charge in [0.25, 0.3) is 0 Å². The van der Waals surface area contributed by atoms with Crippen molar-refractivity contribution >= 4 is 29.2 Å². The molecule has 1 unspecified atom stereocenters. The van der Waals surface area contributed by atoms with E-state index in [2.05, 4.69) is 53.3 Å². The molecular weight excluding hydrogens is 349 g/mol. The summed E-state index contributed by atoms with van der Waals surface area (Å²) in [5, 5.41) is 7.05. The van der Waals surface area contributed by atoms with Gasteiger partial charge in [0.1, 0.15) is 0 Å². The lowest BCUT2D eigenvalue weighted by Crippen LogP contribution is -2.60. The van der Waals surface area contributed by atoms with Gasteiger partial charge in [0.2, 0.25) is 16.5 Å². The average molecular weight is 376 g/mol. The third-order valence-corrected chi connectivity index (χ3v) is 4.51. The highest BCUT2D eigenvalue weighted by molar-refractivity contribution is 6.31. The van der Waals surface area contributed by atoms with Gasteiger partial charge in [-0.15, -0.1) is 0 Å². The maximum Gasteiger partial charge on any atom is 0.228 e. The molecule has 0 saturated carbocycles. The standard InChI is InChI=1S/C16H27Cl2N5O/c1-6-24-11(9-19-14-21-12(17)20-13(18)22-14)10-7-15(2,3)23-16(4,5)8-10/h10-11,23H,6-9H2,1-5H3,(H,19,20,21,22). The first-order valence-corrected chi connectivity index (χ1v) is 9.08. The van der Waals surface area contributed by atoms with E-state index in [0.29, 0.717) is 25.0 Å². The Morgan fingerprint density at radius 2 is 1.67 bits per heavy atom. The second kappa shape index (κ2) is 7.68. The van der Waals surface area contributed by atoms with Crippen molar-refractivity contribution < 1.29 is 4.74 Å². The number of anilines is 1. The molecule has 0 bridgehead atoms. The van der Waals surface area contributed by atoms with E-state index in [1.165, 1.54) is 0 Å². The molecular formula is C16H27Cl2N5O. The quantitative estimate of drug-likeness (QED) is 0.791. The monoisotopic (exact) mass is 375 g/mol. The van der Waals surface area contributed by atoms with E-state index in [0.717, 1.165) is 12.8 Å². The van der Waals surface area contributed by atoms with Gasteiger partial charge in [0.05, 0.1) is 6.10 Å². The van der Waals surface area contributed by atoms with Crippen LogP contribution in [0.15, 0.2) is 0 Å². The van der Waals surface area contributed by atoms with Crippen LogP contribution in [0.5, 0.6) is 0 Å². The summed E-state index contributed by atoms with van der Waals surface area (Å²) in [6, 6.07) is 0. The molecule has 0 radical (unpaired) electrons. The van der Waals surface area contributed by atoms with Gasteiger partial charge in [-0.25, -0.2) is 0 Å². The van der Waals surface area contributed by atoms with Crippen LogP contribution in [0.4, 0.5) is 5.95 Å². The van der Waals surface area contributed by atoms with E-state index in [9.17, 15) is 0 Å². The lowest BCUT2D eigenvalue weighted by molar-refractivity contribution is -0.0149. The fourth-order valence-corrected chi connectivity index (χ4v) is 4.20. The van der Waals surface area contributed by atoms with Gasteiger partial charge in [-0.3, -0.25) is 0 Å². The summed E-state index contributed by atoms with van der Waals surface area (Å²) in [6.07, 6.45) is 2.15. The van der Waals surface area contributed by atoms with Gasteiger partial charge >= 0.3 is 0 Å². The molecule has 1 atom stereocenters. The van der Waals surface area contributed by atoms with Gasteiger partial charge in [0, 0.05) is 24.2 Å². The minimum Gasteiger partial charge on any atom is -0.376 e. The second-order valence-corrected chi connectivity index (χ2v) is 8.31. The highest BCUT2D eigenvalue weighted by atomic mass is 35.5. The predicted molar refractivity (Wildman–Crippen MR) is 97.8 cm³/mol. The largest absolute Gasteiger partial charge is 0.376 e. The van der Waals surface area contributed by atoms with E-state index in [-0.39, 0.29) is 27.7 Å². The van der Waals surface area contributed by atoms with E-state index in [1.54, 1.807) is 0 Å². The molecule has 1 aliphatic heterocycles. The van der Waals surface area contributed by atoms with Crippen LogP contribution in [0.25, 0.3) is 0 Å². The lowest BCUT2D eigenvalue weighted by atomic mass is 9.73. The summed E-state index contributed by atoms with van der Waals surface area (Å²) < 4.78 is 6.02. The van der Waals surface area contributed by atoms with Crippen molar-refractivity contribution in [1.29, 1.82) is 0 Å². The number of aromatic nitrogens is 3. The van der Waals surface area contributed by atoms with Crippen molar-refractivity contribution in [3.05, 3.63) is 10.6 Å². The number of nitrogens with zero attached hydrogens (tertiary/aromatic N) is 3. The van der Waals surface area contributed by atoms with E-state index < -0.39 is 0 Å². The second-order valence-electron chi connectivity index (χ2n) is 7.63. The number of hydrogen-bond donors (Lipinski definition) is 2. The van der Waals surface area contributed by atoms with Crippen molar-refractivity contribution in [2.45, 2.75) is 64.6 Å². The van der Waals surface area contributed by atoms with Gasteiger partial charge < -0.3 is 15.4 Å². The molecule has 6 nitrogen and oxygen atoms in total. The van der Waals surface area contributed by atoms with Gasteiger partial charge in [-0.2, -0.15) is 15.0 Å². The molecule has 2 rings (SSSR count). The Kier molecular flexibility index (Phi) is 6.29. The molecule has 1 aromatic rings. The smallest absolute Gasteiger partial charge is 0.228 e. The third kappa shape index (κ3) is 5.69. The van der Waals surface area contributed by atoms with Crippen molar-refractivity contribution in [2.75, 3.05) is 18.5 Å². The van der Waals surface area contributed by atoms with E-state index in [1.807, 2.05) is 6.92 Å². The third-order valence-electron chi connectivity index (χ3n) is 4.17. The molecule has 2 N–H and O–H groups in total. The Hall–Kier alpha value is -0.690. The van der Waals surface area contributed by atoms with Crippen LogP contribution < -0.4 is 10.6 Å². The van der Waals surface area contributed by atoms with E-state index in [4.69, 9.17) is 27.9 Å². The number of rotatable bonds is 6. The maximum absolute atomic E-state index is 6.02. The molecule has 1 aliphatic rings. The van der Waals surface area contributed by atoms with Crippen LogP contribution in [0.2, 0.25) is 10.6 Å². The molecule has 0 aromatic carbocycles. The van der Waals surface area contributed by atoms with Gasteiger partial charge in [-0.05, 0) is 76.6 Å². The highest BCUT2D eigenvalue weighted by Gasteiger charge is 2.40. The van der Waals surface area contributed by atoms with Crippen molar-refractivity contribution in [2.24, 2.45) is 5.92 Å². The fraction of sp³-hybridized carbons (Fsp3) is 0.812.